The molecule has 0 saturated carbocycles. The van der Waals surface area contributed by atoms with E-state index in [2.05, 4.69) is 20.7 Å². The molecule has 2 atom stereocenters. The summed E-state index contributed by atoms with van der Waals surface area (Å²) < 4.78 is 35.6. The van der Waals surface area contributed by atoms with Gasteiger partial charge in [-0.1, -0.05) is 112 Å². The van der Waals surface area contributed by atoms with Crippen molar-refractivity contribution in [2.24, 2.45) is 4.99 Å². The average Bonchev–Trinajstić information content (AvgIpc) is 2.94. The van der Waals surface area contributed by atoms with E-state index in [9.17, 15) is 13.2 Å². The fraction of sp³-hybridized carbons (Fsp3) is 0.133. The maximum atomic E-state index is 13.6. The average molecular weight is 592 g/mol. The number of hydrogen-bond donors (Lipinski definition) is 1. The van der Waals surface area contributed by atoms with Crippen LogP contribution in [-0.2, 0) is 19.6 Å². The molecule has 0 aliphatic heterocycles. The van der Waals surface area contributed by atoms with Crippen molar-refractivity contribution < 1.29 is 17.9 Å². The van der Waals surface area contributed by atoms with Crippen molar-refractivity contribution in [2.75, 3.05) is 7.11 Å². The number of rotatable bonds is 9. The molecular formula is C30H27BrN2O4S. The highest BCUT2D eigenvalue weighted by Crippen LogP contribution is 2.30. The van der Waals surface area contributed by atoms with Gasteiger partial charge in [-0.3, -0.25) is 4.99 Å². The lowest BCUT2D eigenvalue weighted by Gasteiger charge is -2.26. The van der Waals surface area contributed by atoms with Crippen LogP contribution in [0.25, 0.3) is 0 Å². The van der Waals surface area contributed by atoms with Gasteiger partial charge in [0.2, 0.25) is 10.0 Å². The van der Waals surface area contributed by atoms with Crippen LogP contribution in [-0.4, -0.2) is 33.3 Å². The first-order chi connectivity index (χ1) is 18.3. The Balaban J connectivity index is 1.91. The third-order valence-corrected chi connectivity index (χ3v) is 8.15. The zero-order chi connectivity index (χ0) is 27.1. The summed E-state index contributed by atoms with van der Waals surface area (Å²) in [7, 11) is -2.78. The number of carbonyl (C=O) groups excluding carboxylic acids is 1. The number of nitrogens with one attached hydrogen (secondary N) is 1. The van der Waals surface area contributed by atoms with Gasteiger partial charge in [0.05, 0.1) is 23.8 Å². The lowest BCUT2D eigenvalue weighted by Crippen LogP contribution is -2.41. The van der Waals surface area contributed by atoms with Crippen molar-refractivity contribution in [3.63, 3.8) is 0 Å². The van der Waals surface area contributed by atoms with Crippen LogP contribution in [0.3, 0.4) is 0 Å². The predicted molar refractivity (Wildman–Crippen MR) is 153 cm³/mol. The molecule has 4 aromatic carbocycles. The van der Waals surface area contributed by atoms with Crippen molar-refractivity contribution in [3.8, 4) is 0 Å². The number of aliphatic imine (C=N–C) groups is 1. The van der Waals surface area contributed by atoms with E-state index in [-0.39, 0.29) is 4.90 Å². The number of hydrogen-bond acceptors (Lipinski definition) is 5. The number of methoxy groups -OCH3 is 1. The number of nitrogens with zero attached hydrogens (tertiary/aromatic N) is 1. The quantitative estimate of drug-likeness (QED) is 0.195. The second-order valence-corrected chi connectivity index (χ2v) is 11.2. The summed E-state index contributed by atoms with van der Waals surface area (Å²) in [5.41, 5.74) is 3.56. The molecule has 0 amide bonds. The Morgan fingerprint density at radius 2 is 1.34 bits per heavy atom. The lowest BCUT2D eigenvalue weighted by atomic mass is 9.98. The van der Waals surface area contributed by atoms with E-state index in [1.54, 1.807) is 30.3 Å². The van der Waals surface area contributed by atoms with Gasteiger partial charge in [-0.15, -0.1) is 0 Å². The molecule has 6 nitrogen and oxygen atoms in total. The third-order valence-electron chi connectivity index (χ3n) is 5.97. The Kier molecular flexibility index (Phi) is 8.89. The fourth-order valence-corrected chi connectivity index (χ4v) is 5.76. The Morgan fingerprint density at radius 3 is 1.87 bits per heavy atom. The normalized spacial score (nSPS) is 12.8. The molecule has 0 aliphatic rings. The maximum absolute atomic E-state index is 13.6. The van der Waals surface area contributed by atoms with Gasteiger partial charge in [-0.05, 0) is 30.7 Å². The monoisotopic (exact) mass is 590 g/mol. The van der Waals surface area contributed by atoms with E-state index in [0.717, 1.165) is 16.7 Å². The van der Waals surface area contributed by atoms with Crippen LogP contribution >= 0.6 is 15.9 Å². The summed E-state index contributed by atoms with van der Waals surface area (Å²) in [6, 6.07) is 30.2. The van der Waals surface area contributed by atoms with Gasteiger partial charge in [0.1, 0.15) is 0 Å². The molecule has 0 aliphatic carbocycles. The van der Waals surface area contributed by atoms with Crippen LogP contribution in [0.2, 0.25) is 0 Å². The van der Waals surface area contributed by atoms with Gasteiger partial charge in [-0.25, -0.2) is 17.9 Å². The highest BCUT2D eigenvalue weighted by Gasteiger charge is 2.36. The molecule has 0 bridgehead atoms. The molecule has 0 aromatic heterocycles. The van der Waals surface area contributed by atoms with Crippen LogP contribution in [0.5, 0.6) is 0 Å². The van der Waals surface area contributed by atoms with Gasteiger partial charge in [0.15, 0.2) is 6.04 Å². The highest BCUT2D eigenvalue weighted by molar-refractivity contribution is 9.10. The molecule has 0 heterocycles. The molecule has 0 fully saturated rings. The van der Waals surface area contributed by atoms with Gasteiger partial charge < -0.3 is 4.74 Å². The molecule has 0 radical (unpaired) electrons. The van der Waals surface area contributed by atoms with E-state index >= 15 is 0 Å². The molecular weight excluding hydrogens is 564 g/mol. The minimum atomic E-state index is -4.04. The van der Waals surface area contributed by atoms with E-state index in [4.69, 9.17) is 9.73 Å². The van der Waals surface area contributed by atoms with Crippen LogP contribution in [0, 0.1) is 6.92 Å². The maximum Gasteiger partial charge on any atom is 0.332 e. The molecule has 8 heteroatoms. The van der Waals surface area contributed by atoms with Gasteiger partial charge in [0.25, 0.3) is 0 Å². The van der Waals surface area contributed by atoms with Crippen molar-refractivity contribution in [1.29, 1.82) is 0 Å². The number of sulfonamides is 1. The summed E-state index contributed by atoms with van der Waals surface area (Å²) in [6.07, 6.45) is 0. The van der Waals surface area contributed by atoms with Crippen LogP contribution < -0.4 is 4.72 Å². The van der Waals surface area contributed by atoms with Crippen molar-refractivity contribution in [1.82, 2.24) is 4.72 Å². The Morgan fingerprint density at radius 1 is 0.816 bits per heavy atom. The second-order valence-electron chi connectivity index (χ2n) is 8.61. The number of halogens is 1. The van der Waals surface area contributed by atoms with Gasteiger partial charge in [-0.2, -0.15) is 0 Å². The molecule has 38 heavy (non-hydrogen) atoms. The van der Waals surface area contributed by atoms with Crippen LogP contribution in [0.4, 0.5) is 0 Å². The first-order valence-electron chi connectivity index (χ1n) is 11.9. The lowest BCUT2D eigenvalue weighted by molar-refractivity contribution is -0.142. The largest absolute Gasteiger partial charge is 0.467 e. The zero-order valence-electron chi connectivity index (χ0n) is 20.9. The van der Waals surface area contributed by atoms with E-state index in [1.807, 2.05) is 73.7 Å². The molecule has 194 valence electrons. The smallest absolute Gasteiger partial charge is 0.332 e. The predicted octanol–water partition coefficient (Wildman–Crippen LogP) is 5.86. The van der Waals surface area contributed by atoms with Crippen LogP contribution in [0.1, 0.15) is 28.3 Å². The first kappa shape index (κ1) is 27.4. The third kappa shape index (κ3) is 6.45. The van der Waals surface area contributed by atoms with Gasteiger partial charge >= 0.3 is 5.97 Å². The molecule has 0 saturated heterocycles. The van der Waals surface area contributed by atoms with Crippen molar-refractivity contribution in [3.05, 3.63) is 136 Å². The molecule has 4 rings (SSSR count). The van der Waals surface area contributed by atoms with E-state index in [1.165, 1.54) is 19.2 Å². The standard InChI is InChI=1S/C30H27BrN2O4S/c1-21-17-19-24(20-18-21)38(35,36)33-28(25-15-9-10-16-26(25)31)29(30(34)37-2)32-27(22-11-5-3-6-12-22)23-13-7-4-8-14-23/h3-20,28-29,33H,1-2H3/t28-,29-/m0/s1. The first-order valence-corrected chi connectivity index (χ1v) is 14.2. The molecule has 4 aromatic rings. The van der Waals surface area contributed by atoms with Crippen molar-refractivity contribution in [2.45, 2.75) is 23.9 Å². The molecule has 1 N–H and O–H groups in total. The number of benzene rings is 4. The molecule has 0 spiro atoms. The topological polar surface area (TPSA) is 84.8 Å². The summed E-state index contributed by atoms with van der Waals surface area (Å²) >= 11 is 3.53. The van der Waals surface area contributed by atoms with E-state index in [0.29, 0.717) is 15.7 Å². The number of carbonyl (C=O) groups is 1. The highest BCUT2D eigenvalue weighted by atomic mass is 79.9. The zero-order valence-corrected chi connectivity index (χ0v) is 23.3. The second kappa shape index (κ2) is 12.3. The summed E-state index contributed by atoms with van der Waals surface area (Å²) in [5.74, 6) is -0.679. The van der Waals surface area contributed by atoms with Crippen LogP contribution in [0.15, 0.2) is 124 Å². The summed E-state index contributed by atoms with van der Waals surface area (Å²) in [5, 5.41) is 0. The minimum Gasteiger partial charge on any atom is -0.467 e. The Hall–Kier alpha value is -3.59. The summed E-state index contributed by atoms with van der Waals surface area (Å²) in [4.78, 5) is 18.3. The van der Waals surface area contributed by atoms with Crippen molar-refractivity contribution >= 4 is 37.6 Å². The number of ether oxygens (including phenoxy) is 1. The number of esters is 1. The van der Waals surface area contributed by atoms with E-state index < -0.39 is 28.1 Å². The molecule has 0 unspecified atom stereocenters. The Bertz CT molecular complexity index is 1480. The Labute approximate surface area is 231 Å². The number of aryl methyl sites for hydroxylation is 1. The SMILES string of the molecule is COC(=O)[C@@H](N=C(c1ccccc1)c1ccccc1)[C@@H](NS(=O)(=O)c1ccc(C)cc1)c1ccccc1Br. The fourth-order valence-electron chi connectivity index (χ4n) is 4.01. The van der Waals surface area contributed by atoms with Gasteiger partial charge in [0, 0.05) is 15.6 Å². The minimum absolute atomic E-state index is 0.0825. The summed E-state index contributed by atoms with van der Waals surface area (Å²) in [6.45, 7) is 1.88.